The van der Waals surface area contributed by atoms with Crippen LogP contribution < -0.4 is 14.5 Å². The summed E-state index contributed by atoms with van der Waals surface area (Å²) in [6.07, 6.45) is 4.46. The summed E-state index contributed by atoms with van der Waals surface area (Å²) in [4.78, 5) is 57.5. The summed E-state index contributed by atoms with van der Waals surface area (Å²) in [5.41, 5.74) is -0.638. The summed E-state index contributed by atoms with van der Waals surface area (Å²) < 4.78 is 23.2. The van der Waals surface area contributed by atoms with Gasteiger partial charge in [-0.2, -0.15) is 0 Å². The molecule has 1 N–H and O–H groups in total. The molecule has 3 amide bonds. The molecule has 3 aliphatic heterocycles. The second-order valence-electron chi connectivity index (χ2n) is 14.0. The van der Waals surface area contributed by atoms with Crippen molar-refractivity contribution in [1.29, 1.82) is 0 Å². The Labute approximate surface area is 264 Å². The van der Waals surface area contributed by atoms with Crippen LogP contribution in [0.25, 0.3) is 0 Å². The summed E-state index contributed by atoms with van der Waals surface area (Å²) in [7, 11) is 0. The normalized spacial score (nSPS) is 24.8. The molecule has 12 nitrogen and oxygen atoms in total. The van der Waals surface area contributed by atoms with Crippen molar-refractivity contribution in [2.45, 2.75) is 103 Å². The molecule has 12 heteroatoms. The van der Waals surface area contributed by atoms with E-state index in [0.717, 1.165) is 32.1 Å². The maximum Gasteiger partial charge on any atom is 0.410 e. The largest absolute Gasteiger partial charge is 0.481 e. The van der Waals surface area contributed by atoms with Gasteiger partial charge in [-0.25, -0.2) is 4.79 Å². The average Bonchev–Trinajstić information content (AvgIpc) is 3.82. The number of amides is 3. The van der Waals surface area contributed by atoms with Crippen LogP contribution in [0.15, 0.2) is 18.2 Å². The third-order valence-electron chi connectivity index (χ3n) is 8.55. The molecule has 4 aliphatic rings. The maximum atomic E-state index is 14.2. The number of carboxylic acid groups (broad SMARTS) is 1. The predicted molar refractivity (Wildman–Crippen MR) is 165 cm³/mol. The van der Waals surface area contributed by atoms with Crippen molar-refractivity contribution in [3.05, 3.63) is 18.2 Å². The van der Waals surface area contributed by atoms with Crippen molar-refractivity contribution >= 4 is 35.3 Å². The lowest BCUT2D eigenvalue weighted by Crippen LogP contribution is -2.53. The lowest BCUT2D eigenvalue weighted by molar-refractivity contribution is -0.162. The molecule has 3 heterocycles. The minimum Gasteiger partial charge on any atom is -0.481 e. The SMILES string of the molecule is CC(C)(C)OC(=O)N1CC(C(=O)O)CC(C(=O)N(c2ccc3c(c2)N(CCCOC2CCCCO2)C(=O)C(C)(C)O3)C2CC2)C1. The minimum absolute atomic E-state index is 0.0168. The van der Waals surface area contributed by atoms with Gasteiger partial charge in [0.05, 0.1) is 24.1 Å². The van der Waals surface area contributed by atoms with Crippen LogP contribution >= 0.6 is 0 Å². The van der Waals surface area contributed by atoms with Crippen LogP contribution in [0.1, 0.15) is 79.6 Å². The number of likely N-dealkylation sites (tertiary alicyclic amines) is 1. The molecular formula is C33H47N3O9. The molecular weight excluding hydrogens is 582 g/mol. The number of rotatable bonds is 9. The molecule has 5 rings (SSSR count). The van der Waals surface area contributed by atoms with Gasteiger partial charge in [0.1, 0.15) is 11.4 Å². The Morgan fingerprint density at radius 1 is 1.09 bits per heavy atom. The van der Waals surface area contributed by atoms with E-state index in [1.165, 1.54) is 4.90 Å². The highest BCUT2D eigenvalue weighted by molar-refractivity contribution is 6.04. The van der Waals surface area contributed by atoms with Crippen molar-refractivity contribution in [2.24, 2.45) is 11.8 Å². The molecule has 3 fully saturated rings. The van der Waals surface area contributed by atoms with Gasteiger partial charge in [-0.1, -0.05) is 0 Å². The number of anilines is 2. The molecule has 3 unspecified atom stereocenters. The highest BCUT2D eigenvalue weighted by Gasteiger charge is 2.45. The van der Waals surface area contributed by atoms with Crippen LogP contribution in [0, 0.1) is 11.8 Å². The number of nitrogens with zero attached hydrogens (tertiary/aromatic N) is 3. The van der Waals surface area contributed by atoms with E-state index in [0.29, 0.717) is 43.3 Å². The fourth-order valence-corrected chi connectivity index (χ4v) is 6.19. The molecule has 1 aliphatic carbocycles. The number of aliphatic carboxylic acids is 1. The van der Waals surface area contributed by atoms with Gasteiger partial charge in [-0.15, -0.1) is 0 Å². The van der Waals surface area contributed by atoms with Gasteiger partial charge in [0, 0.05) is 38.0 Å². The Bertz CT molecular complexity index is 1280. The summed E-state index contributed by atoms with van der Waals surface area (Å²) in [5.74, 6) is -2.56. The molecule has 1 aromatic rings. The van der Waals surface area contributed by atoms with Gasteiger partial charge in [-0.05, 0) is 97.8 Å². The number of carbonyl (C=O) groups is 4. The standard InChI is InChI=1S/C33H47N3O9/c1-32(2,3)45-31(41)34-19-21(17-22(20-34)29(38)39)28(37)36(23-10-11-23)24-12-13-26-25(18-24)35(30(40)33(4,5)44-26)14-8-16-43-27-9-6-7-15-42-27/h12-13,18,21-23,27H,6-11,14-17,19-20H2,1-5H3,(H,38,39). The van der Waals surface area contributed by atoms with Crippen LogP contribution in [0.2, 0.25) is 0 Å². The van der Waals surface area contributed by atoms with Crippen molar-refractivity contribution < 1.29 is 43.2 Å². The van der Waals surface area contributed by atoms with E-state index < -0.39 is 35.1 Å². The summed E-state index contributed by atoms with van der Waals surface area (Å²) in [5, 5.41) is 9.87. The first kappa shape index (κ1) is 33.0. The smallest absolute Gasteiger partial charge is 0.410 e. The molecule has 0 bridgehead atoms. The van der Waals surface area contributed by atoms with Gasteiger partial charge in [-0.3, -0.25) is 14.4 Å². The Kier molecular flexibility index (Phi) is 9.65. The number of fused-ring (bicyclic) bond motifs is 1. The molecule has 2 saturated heterocycles. The maximum absolute atomic E-state index is 14.2. The van der Waals surface area contributed by atoms with Gasteiger partial charge in [0.25, 0.3) is 5.91 Å². The van der Waals surface area contributed by atoms with Crippen LogP contribution in [0.4, 0.5) is 16.2 Å². The Morgan fingerprint density at radius 2 is 1.82 bits per heavy atom. The van der Waals surface area contributed by atoms with Gasteiger partial charge >= 0.3 is 12.1 Å². The Morgan fingerprint density at radius 3 is 2.47 bits per heavy atom. The quantitative estimate of drug-likeness (QED) is 0.390. The molecule has 0 spiro atoms. The van der Waals surface area contributed by atoms with Crippen LogP contribution in [-0.2, 0) is 28.6 Å². The van der Waals surface area contributed by atoms with Crippen LogP contribution in [0.5, 0.6) is 5.75 Å². The number of carbonyl (C=O) groups excluding carboxylic acids is 3. The van der Waals surface area contributed by atoms with E-state index >= 15 is 0 Å². The number of hydrogen-bond donors (Lipinski definition) is 1. The zero-order valence-corrected chi connectivity index (χ0v) is 27.1. The zero-order valence-electron chi connectivity index (χ0n) is 27.1. The van der Waals surface area contributed by atoms with E-state index in [2.05, 4.69) is 0 Å². The lowest BCUT2D eigenvalue weighted by Gasteiger charge is -2.40. The highest BCUT2D eigenvalue weighted by atomic mass is 16.7. The summed E-state index contributed by atoms with van der Waals surface area (Å²) >= 11 is 0. The molecule has 1 saturated carbocycles. The van der Waals surface area contributed by atoms with Crippen molar-refractivity contribution in [3.63, 3.8) is 0 Å². The number of ether oxygens (including phenoxy) is 4. The predicted octanol–water partition coefficient (Wildman–Crippen LogP) is 4.58. The summed E-state index contributed by atoms with van der Waals surface area (Å²) in [6.45, 7) is 10.3. The first-order chi connectivity index (χ1) is 21.2. The number of hydrogen-bond acceptors (Lipinski definition) is 8. The van der Waals surface area contributed by atoms with Crippen molar-refractivity contribution in [3.8, 4) is 5.75 Å². The topological polar surface area (TPSA) is 135 Å². The third kappa shape index (κ3) is 7.89. The minimum atomic E-state index is -1.06. The van der Waals surface area contributed by atoms with Crippen molar-refractivity contribution in [2.75, 3.05) is 42.6 Å². The molecule has 45 heavy (non-hydrogen) atoms. The second kappa shape index (κ2) is 13.2. The van der Waals surface area contributed by atoms with E-state index in [1.54, 1.807) is 50.5 Å². The molecule has 1 aromatic carbocycles. The van der Waals surface area contributed by atoms with Crippen LogP contribution in [-0.4, -0.2) is 90.3 Å². The lowest BCUT2D eigenvalue weighted by atomic mass is 9.88. The first-order valence-corrected chi connectivity index (χ1v) is 16.2. The fraction of sp³-hybridized carbons (Fsp3) is 0.697. The highest BCUT2D eigenvalue weighted by Crippen LogP contribution is 2.43. The molecule has 0 radical (unpaired) electrons. The van der Waals surface area contributed by atoms with Gasteiger partial charge in [0.15, 0.2) is 11.9 Å². The fourth-order valence-electron chi connectivity index (χ4n) is 6.19. The number of benzene rings is 1. The number of piperidine rings is 1. The van der Waals surface area contributed by atoms with Gasteiger partial charge < -0.3 is 38.8 Å². The third-order valence-corrected chi connectivity index (χ3v) is 8.55. The Balaban J connectivity index is 1.36. The van der Waals surface area contributed by atoms with E-state index in [9.17, 15) is 24.3 Å². The van der Waals surface area contributed by atoms with E-state index in [-0.39, 0.29) is 43.7 Å². The van der Waals surface area contributed by atoms with E-state index in [1.807, 2.05) is 12.1 Å². The number of carboxylic acids is 1. The average molecular weight is 630 g/mol. The van der Waals surface area contributed by atoms with E-state index in [4.69, 9.17) is 18.9 Å². The van der Waals surface area contributed by atoms with Crippen LogP contribution in [0.3, 0.4) is 0 Å². The molecule has 248 valence electrons. The molecule has 3 atom stereocenters. The Hall–Kier alpha value is -3.38. The second-order valence-corrected chi connectivity index (χ2v) is 14.0. The molecule has 0 aromatic heterocycles. The first-order valence-electron chi connectivity index (χ1n) is 16.2. The summed E-state index contributed by atoms with van der Waals surface area (Å²) in [6, 6.07) is 5.36. The zero-order chi connectivity index (χ0) is 32.5. The monoisotopic (exact) mass is 629 g/mol. The van der Waals surface area contributed by atoms with Gasteiger partial charge in [0.2, 0.25) is 5.91 Å². The van der Waals surface area contributed by atoms with Crippen molar-refractivity contribution in [1.82, 2.24) is 4.90 Å².